The molecule has 6 nitrogen and oxygen atoms in total. The summed E-state index contributed by atoms with van der Waals surface area (Å²) in [7, 11) is 3.25. The highest BCUT2D eigenvalue weighted by atomic mass is 127. The molecule has 1 saturated carbocycles. The lowest BCUT2D eigenvalue weighted by molar-refractivity contribution is 0.0573. The molecule has 0 aromatic heterocycles. The van der Waals surface area contributed by atoms with Gasteiger partial charge in [-0.1, -0.05) is 12.5 Å². The average molecular weight is 477 g/mol. The number of nitrogens with zero attached hydrogens (tertiary/aromatic N) is 1. The van der Waals surface area contributed by atoms with Gasteiger partial charge in [-0.25, -0.2) is 4.99 Å². The van der Waals surface area contributed by atoms with Gasteiger partial charge in [0.15, 0.2) is 17.5 Å². The van der Waals surface area contributed by atoms with Gasteiger partial charge in [0.25, 0.3) is 0 Å². The van der Waals surface area contributed by atoms with E-state index < -0.39 is 0 Å². The van der Waals surface area contributed by atoms with E-state index in [1.54, 1.807) is 14.2 Å². The molecule has 0 bridgehead atoms. The molecule has 0 atom stereocenters. The maximum atomic E-state index is 6.04. The van der Waals surface area contributed by atoms with Crippen LogP contribution in [0.2, 0.25) is 0 Å². The fourth-order valence-electron chi connectivity index (χ4n) is 3.11. The second kappa shape index (κ2) is 11.5. The molecule has 2 rings (SSSR count). The molecule has 26 heavy (non-hydrogen) atoms. The van der Waals surface area contributed by atoms with Gasteiger partial charge in [0.1, 0.15) is 0 Å². The minimum Gasteiger partial charge on any atom is -0.493 e. The van der Waals surface area contributed by atoms with E-state index in [2.05, 4.69) is 10.3 Å². The van der Waals surface area contributed by atoms with Gasteiger partial charge in [-0.2, -0.15) is 0 Å². The largest absolute Gasteiger partial charge is 0.493 e. The minimum atomic E-state index is 0. The van der Waals surface area contributed by atoms with Crippen molar-refractivity contribution in [1.82, 2.24) is 5.32 Å². The number of rotatable bonds is 10. The summed E-state index contributed by atoms with van der Waals surface area (Å²) in [6.45, 7) is 5.00. The summed E-state index contributed by atoms with van der Waals surface area (Å²) in [6.07, 6.45) is 4.83. The van der Waals surface area contributed by atoms with E-state index >= 15 is 0 Å². The Morgan fingerprint density at radius 1 is 1.23 bits per heavy atom. The lowest BCUT2D eigenvalue weighted by atomic mass is 9.67. The Bertz CT molecular complexity index is 577. The van der Waals surface area contributed by atoms with Crippen LogP contribution in [0.1, 0.15) is 38.2 Å². The standard InChI is InChI=1S/C19H31N3O3.HI/c1-4-25-11-10-19(8-5-9-19)14-22-18(20)21-13-15-6-7-16(23-2)17(12-15)24-3;/h6-7,12H,4-5,8-11,13-14H2,1-3H3,(H3,20,21,22);1H. The van der Waals surface area contributed by atoms with Crippen molar-refractivity contribution >= 4 is 29.9 Å². The van der Waals surface area contributed by atoms with E-state index in [4.69, 9.17) is 19.9 Å². The zero-order chi connectivity index (χ0) is 18.1. The summed E-state index contributed by atoms with van der Waals surface area (Å²) in [5.41, 5.74) is 7.38. The Morgan fingerprint density at radius 3 is 2.54 bits per heavy atom. The van der Waals surface area contributed by atoms with Gasteiger partial charge in [0.05, 0.1) is 20.8 Å². The molecule has 1 fully saturated rings. The number of nitrogens with two attached hydrogens (primary N) is 1. The number of guanidine groups is 1. The van der Waals surface area contributed by atoms with Crippen LogP contribution in [0.5, 0.6) is 11.5 Å². The topological polar surface area (TPSA) is 78.1 Å². The molecule has 148 valence electrons. The van der Waals surface area contributed by atoms with Gasteiger partial charge in [-0.3, -0.25) is 0 Å². The van der Waals surface area contributed by atoms with Gasteiger partial charge in [0.2, 0.25) is 0 Å². The van der Waals surface area contributed by atoms with Crippen molar-refractivity contribution in [3.05, 3.63) is 23.8 Å². The van der Waals surface area contributed by atoms with Crippen LogP contribution >= 0.6 is 24.0 Å². The van der Waals surface area contributed by atoms with E-state index in [9.17, 15) is 0 Å². The van der Waals surface area contributed by atoms with E-state index in [1.165, 1.54) is 19.3 Å². The molecule has 0 unspecified atom stereocenters. The number of hydrogen-bond acceptors (Lipinski definition) is 4. The quantitative estimate of drug-likeness (QED) is 0.234. The number of benzene rings is 1. The van der Waals surface area contributed by atoms with Gasteiger partial charge in [0, 0.05) is 19.8 Å². The highest BCUT2D eigenvalue weighted by molar-refractivity contribution is 14.0. The summed E-state index contributed by atoms with van der Waals surface area (Å²) in [4.78, 5) is 4.44. The van der Waals surface area contributed by atoms with Crippen molar-refractivity contribution in [2.75, 3.05) is 34.0 Å². The molecule has 0 amide bonds. The highest BCUT2D eigenvalue weighted by Gasteiger charge is 2.36. The summed E-state index contributed by atoms with van der Waals surface area (Å²) >= 11 is 0. The predicted octanol–water partition coefficient (Wildman–Crippen LogP) is 3.32. The van der Waals surface area contributed by atoms with Crippen molar-refractivity contribution in [3.8, 4) is 11.5 Å². The van der Waals surface area contributed by atoms with Crippen molar-refractivity contribution in [2.24, 2.45) is 16.1 Å². The second-order valence-corrected chi connectivity index (χ2v) is 6.54. The molecular weight excluding hydrogens is 445 g/mol. The lowest BCUT2D eigenvalue weighted by Crippen LogP contribution is -2.45. The van der Waals surface area contributed by atoms with Crippen molar-refractivity contribution in [1.29, 1.82) is 0 Å². The monoisotopic (exact) mass is 477 g/mol. The van der Waals surface area contributed by atoms with Crippen LogP contribution < -0.4 is 20.5 Å². The minimum absolute atomic E-state index is 0. The predicted molar refractivity (Wildman–Crippen MR) is 116 cm³/mol. The molecule has 0 saturated heterocycles. The summed E-state index contributed by atoms with van der Waals surface area (Å²) < 4.78 is 16.1. The van der Waals surface area contributed by atoms with Crippen molar-refractivity contribution < 1.29 is 14.2 Å². The molecule has 3 N–H and O–H groups in total. The number of nitrogens with one attached hydrogen (secondary N) is 1. The number of aliphatic imine (C=N–C) groups is 1. The summed E-state index contributed by atoms with van der Waals surface area (Å²) in [6, 6.07) is 5.77. The fourth-order valence-corrected chi connectivity index (χ4v) is 3.11. The smallest absolute Gasteiger partial charge is 0.188 e. The van der Waals surface area contributed by atoms with Crippen LogP contribution in [-0.4, -0.2) is 39.9 Å². The Kier molecular flexibility index (Phi) is 10.1. The number of ether oxygens (including phenoxy) is 3. The molecule has 1 aromatic rings. The maximum absolute atomic E-state index is 6.04. The van der Waals surface area contributed by atoms with Gasteiger partial charge >= 0.3 is 0 Å². The number of halogens is 1. The highest BCUT2D eigenvalue weighted by Crippen LogP contribution is 2.43. The Labute approximate surface area is 173 Å². The van der Waals surface area contributed by atoms with Crippen LogP contribution in [-0.2, 0) is 11.3 Å². The fraction of sp³-hybridized carbons (Fsp3) is 0.632. The first-order valence-corrected chi connectivity index (χ1v) is 8.95. The molecule has 0 heterocycles. The lowest BCUT2D eigenvalue weighted by Gasteiger charge is -2.42. The molecule has 1 aliphatic carbocycles. The van der Waals surface area contributed by atoms with E-state index in [0.29, 0.717) is 29.4 Å². The Morgan fingerprint density at radius 2 is 1.96 bits per heavy atom. The van der Waals surface area contributed by atoms with E-state index in [1.807, 2.05) is 25.1 Å². The third-order valence-electron chi connectivity index (χ3n) is 4.92. The first-order valence-electron chi connectivity index (χ1n) is 8.95. The van der Waals surface area contributed by atoms with Gasteiger partial charge in [-0.15, -0.1) is 24.0 Å². The number of hydrogen-bond donors (Lipinski definition) is 2. The van der Waals surface area contributed by atoms with Gasteiger partial charge in [-0.05, 0) is 49.3 Å². The first-order chi connectivity index (χ1) is 12.1. The molecule has 0 radical (unpaired) electrons. The third kappa shape index (κ3) is 6.50. The Hall–Kier alpha value is -1.22. The molecular formula is C19H32IN3O3. The molecule has 1 aromatic carbocycles. The van der Waals surface area contributed by atoms with Crippen LogP contribution in [0, 0.1) is 5.41 Å². The third-order valence-corrected chi connectivity index (χ3v) is 4.92. The average Bonchev–Trinajstić information content (AvgIpc) is 2.61. The maximum Gasteiger partial charge on any atom is 0.188 e. The second-order valence-electron chi connectivity index (χ2n) is 6.54. The molecule has 7 heteroatoms. The number of methoxy groups -OCH3 is 2. The molecule has 0 aliphatic heterocycles. The van der Waals surface area contributed by atoms with Crippen LogP contribution in [0.4, 0.5) is 0 Å². The Balaban J connectivity index is 0.00000338. The normalized spacial score (nSPS) is 15.6. The zero-order valence-electron chi connectivity index (χ0n) is 16.0. The molecule has 0 spiro atoms. The molecule has 1 aliphatic rings. The van der Waals surface area contributed by atoms with Crippen LogP contribution in [0.25, 0.3) is 0 Å². The first kappa shape index (κ1) is 22.8. The van der Waals surface area contributed by atoms with E-state index in [-0.39, 0.29) is 24.0 Å². The van der Waals surface area contributed by atoms with Crippen molar-refractivity contribution in [2.45, 2.75) is 39.2 Å². The SMILES string of the molecule is CCOCCC1(CNC(N)=NCc2ccc(OC)c(OC)c2)CCC1.I. The summed E-state index contributed by atoms with van der Waals surface area (Å²) in [5.74, 6) is 1.89. The van der Waals surface area contributed by atoms with Crippen LogP contribution in [0.3, 0.4) is 0 Å². The van der Waals surface area contributed by atoms with Gasteiger partial charge < -0.3 is 25.3 Å². The summed E-state index contributed by atoms with van der Waals surface area (Å²) in [5, 5.41) is 3.29. The van der Waals surface area contributed by atoms with E-state index in [0.717, 1.165) is 31.7 Å². The van der Waals surface area contributed by atoms with Crippen LogP contribution in [0.15, 0.2) is 23.2 Å². The zero-order valence-corrected chi connectivity index (χ0v) is 18.4. The van der Waals surface area contributed by atoms with Crippen molar-refractivity contribution in [3.63, 3.8) is 0 Å².